The normalized spacial score (nSPS) is 19.2. The second-order valence-electron chi connectivity index (χ2n) is 8.67. The first-order valence-electron chi connectivity index (χ1n) is 11.3. The van der Waals surface area contributed by atoms with Crippen molar-refractivity contribution in [3.05, 3.63) is 69.1 Å². The molecule has 0 radical (unpaired) electrons. The minimum Gasteiger partial charge on any atom is -0.280 e. The average molecular weight is 516 g/mol. The van der Waals surface area contributed by atoms with Crippen molar-refractivity contribution in [2.75, 3.05) is 4.72 Å². The number of hydrogen-bond donors (Lipinski definition) is 1. The molecule has 1 unspecified atom stereocenters. The Morgan fingerprint density at radius 1 is 1.06 bits per heavy atom. The van der Waals surface area contributed by atoms with Gasteiger partial charge in [-0.2, -0.15) is 0 Å². The third kappa shape index (κ3) is 5.57. The number of nitro groups is 1. The van der Waals surface area contributed by atoms with Gasteiger partial charge in [-0.1, -0.05) is 31.4 Å². The molecule has 2 fully saturated rings. The summed E-state index contributed by atoms with van der Waals surface area (Å²) in [4.78, 5) is 37.3. The molecule has 4 rings (SSSR count). The van der Waals surface area contributed by atoms with Gasteiger partial charge >= 0.3 is 0 Å². The van der Waals surface area contributed by atoms with Crippen molar-refractivity contribution in [3.8, 4) is 0 Å². The summed E-state index contributed by atoms with van der Waals surface area (Å²) in [7, 11) is -3.93. The first kappa shape index (κ1) is 24.9. The number of non-ortho nitro benzene ring substituents is 1. The zero-order chi connectivity index (χ0) is 25.2. The van der Waals surface area contributed by atoms with Crippen molar-refractivity contribution < 1.29 is 22.9 Å². The highest BCUT2D eigenvalue weighted by molar-refractivity contribution is 8.18. The number of sulfonamides is 1. The summed E-state index contributed by atoms with van der Waals surface area (Å²) in [5.41, 5.74) is 0.740. The molecule has 2 amide bonds. The van der Waals surface area contributed by atoms with E-state index in [-0.39, 0.29) is 27.8 Å². The molecule has 9 nitrogen and oxygen atoms in total. The Balaban J connectivity index is 1.45. The van der Waals surface area contributed by atoms with Crippen LogP contribution >= 0.6 is 11.8 Å². The van der Waals surface area contributed by atoms with E-state index in [0.29, 0.717) is 22.1 Å². The van der Waals surface area contributed by atoms with E-state index in [1.807, 2.05) is 6.92 Å². The summed E-state index contributed by atoms with van der Waals surface area (Å²) in [6.07, 6.45) is 7.14. The maximum absolute atomic E-state index is 13.0. The van der Waals surface area contributed by atoms with Gasteiger partial charge in [0.25, 0.3) is 26.9 Å². The number of rotatable bonds is 7. The molecule has 0 aromatic heterocycles. The summed E-state index contributed by atoms with van der Waals surface area (Å²) in [6, 6.07) is 10.8. The molecule has 0 spiro atoms. The number of hydrogen-bond acceptors (Lipinski definition) is 7. The van der Waals surface area contributed by atoms with Crippen molar-refractivity contribution >= 4 is 50.4 Å². The number of thioether (sulfide) groups is 1. The van der Waals surface area contributed by atoms with Crippen LogP contribution in [0.5, 0.6) is 0 Å². The molecule has 1 saturated carbocycles. The second-order valence-corrected chi connectivity index (χ2v) is 11.3. The van der Waals surface area contributed by atoms with E-state index in [9.17, 15) is 28.1 Å². The van der Waals surface area contributed by atoms with E-state index in [1.165, 1.54) is 23.5 Å². The predicted molar refractivity (Wildman–Crippen MR) is 134 cm³/mol. The number of carbonyl (C=O) groups excluding carboxylic acids is 2. The Bertz CT molecular complexity index is 1270. The highest BCUT2D eigenvalue weighted by Crippen LogP contribution is 2.38. The number of nitro benzene ring substituents is 1. The van der Waals surface area contributed by atoms with Gasteiger partial charge in [0.05, 0.1) is 14.7 Å². The molecule has 1 heterocycles. The molecular weight excluding hydrogens is 490 g/mol. The number of imide groups is 1. The highest BCUT2D eigenvalue weighted by atomic mass is 32.2. The van der Waals surface area contributed by atoms with Crippen LogP contribution in [-0.4, -0.2) is 35.4 Å². The highest BCUT2D eigenvalue weighted by Gasteiger charge is 2.40. The maximum Gasteiger partial charge on any atom is 0.293 e. The van der Waals surface area contributed by atoms with Crippen molar-refractivity contribution in [1.82, 2.24) is 4.90 Å². The summed E-state index contributed by atoms with van der Waals surface area (Å²) in [5, 5.41) is 10.5. The molecule has 1 atom stereocenters. The number of anilines is 1. The fraction of sp³-hybridized carbons (Fsp3) is 0.333. The van der Waals surface area contributed by atoms with Crippen molar-refractivity contribution in [1.29, 1.82) is 0 Å². The molecule has 1 aliphatic carbocycles. The number of amides is 2. The molecule has 35 heavy (non-hydrogen) atoms. The molecule has 2 aromatic rings. The van der Waals surface area contributed by atoms with Crippen molar-refractivity contribution in [2.45, 2.75) is 50.0 Å². The summed E-state index contributed by atoms with van der Waals surface area (Å²) in [5.74, 6) is 0.0423. The Morgan fingerprint density at radius 2 is 1.69 bits per heavy atom. The number of nitrogens with zero attached hydrogens (tertiary/aromatic N) is 2. The average Bonchev–Trinajstić information content (AvgIpc) is 3.12. The van der Waals surface area contributed by atoms with Gasteiger partial charge in [-0.05, 0) is 73.4 Å². The predicted octanol–water partition coefficient (Wildman–Crippen LogP) is 5.40. The SMILES string of the molecule is CC(C1CCCCC1)N1C(=O)SC(=Cc2ccc(NS(=O)(=O)c3ccc([N+](=O)[O-])cc3)cc2)C1=O. The molecule has 184 valence electrons. The summed E-state index contributed by atoms with van der Waals surface area (Å²) < 4.78 is 27.6. The second kappa shape index (κ2) is 10.2. The first-order chi connectivity index (χ1) is 16.7. The minimum absolute atomic E-state index is 0.104. The maximum atomic E-state index is 13.0. The number of carbonyl (C=O) groups is 2. The van der Waals surface area contributed by atoms with E-state index in [2.05, 4.69) is 4.72 Å². The van der Waals surface area contributed by atoms with Crippen molar-refractivity contribution in [3.63, 3.8) is 0 Å². The van der Waals surface area contributed by atoms with Gasteiger partial charge in [0.1, 0.15) is 0 Å². The van der Waals surface area contributed by atoms with Crippen LogP contribution in [0.2, 0.25) is 0 Å². The van der Waals surface area contributed by atoms with Crippen LogP contribution < -0.4 is 4.72 Å². The summed E-state index contributed by atoms with van der Waals surface area (Å²) >= 11 is 0.923. The molecule has 1 aliphatic heterocycles. The molecule has 1 N–H and O–H groups in total. The standard InChI is InChI=1S/C24H25N3O6S2/c1-16(18-5-3-2-4-6-18)26-23(28)22(34-24(26)29)15-17-7-9-19(10-8-17)25-35(32,33)21-13-11-20(12-14-21)27(30)31/h7-16,18,25H,2-6H2,1H3. The van der Waals surface area contributed by atoms with Gasteiger partial charge in [0, 0.05) is 23.9 Å². The molecular formula is C24H25N3O6S2. The Hall–Kier alpha value is -3.18. The lowest BCUT2D eigenvalue weighted by Crippen LogP contribution is -2.42. The molecule has 11 heteroatoms. The van der Waals surface area contributed by atoms with Crippen LogP contribution in [0.1, 0.15) is 44.6 Å². The summed E-state index contributed by atoms with van der Waals surface area (Å²) in [6.45, 7) is 1.95. The van der Waals surface area contributed by atoms with E-state index in [1.54, 1.807) is 30.3 Å². The number of benzene rings is 2. The monoisotopic (exact) mass is 515 g/mol. The fourth-order valence-electron chi connectivity index (χ4n) is 4.42. The van der Waals surface area contributed by atoms with Crippen LogP contribution in [0.3, 0.4) is 0 Å². The van der Waals surface area contributed by atoms with Gasteiger partial charge in [0.15, 0.2) is 0 Å². The van der Waals surface area contributed by atoms with Crippen molar-refractivity contribution in [2.24, 2.45) is 5.92 Å². The lowest BCUT2D eigenvalue weighted by molar-refractivity contribution is -0.384. The number of nitrogens with one attached hydrogen (secondary N) is 1. The van der Waals surface area contributed by atoms with E-state index in [0.717, 1.165) is 49.6 Å². The van der Waals surface area contributed by atoms with Gasteiger partial charge in [-0.15, -0.1) is 0 Å². The fourth-order valence-corrected chi connectivity index (χ4v) is 6.39. The van der Waals surface area contributed by atoms with Crippen LogP contribution in [0.15, 0.2) is 58.3 Å². The zero-order valence-corrected chi connectivity index (χ0v) is 20.7. The van der Waals surface area contributed by atoms with Gasteiger partial charge in [0.2, 0.25) is 0 Å². The van der Waals surface area contributed by atoms with E-state index in [4.69, 9.17) is 0 Å². The van der Waals surface area contributed by atoms with Gasteiger partial charge in [-0.25, -0.2) is 8.42 Å². The molecule has 1 saturated heterocycles. The topological polar surface area (TPSA) is 127 Å². The van der Waals surface area contributed by atoms with Crippen LogP contribution in [-0.2, 0) is 14.8 Å². The Morgan fingerprint density at radius 3 is 2.29 bits per heavy atom. The lowest BCUT2D eigenvalue weighted by atomic mass is 9.84. The molecule has 2 aliphatic rings. The van der Waals surface area contributed by atoms with Gasteiger partial charge in [-0.3, -0.25) is 29.3 Å². The van der Waals surface area contributed by atoms with E-state index >= 15 is 0 Å². The molecule has 2 aromatic carbocycles. The minimum atomic E-state index is -3.93. The third-order valence-corrected chi connectivity index (χ3v) is 8.66. The lowest BCUT2D eigenvalue weighted by Gasteiger charge is -2.32. The van der Waals surface area contributed by atoms with E-state index < -0.39 is 14.9 Å². The smallest absolute Gasteiger partial charge is 0.280 e. The first-order valence-corrected chi connectivity index (χ1v) is 13.6. The molecule has 0 bridgehead atoms. The Labute approximate surface area is 207 Å². The quantitative estimate of drug-likeness (QED) is 0.297. The van der Waals surface area contributed by atoms with Crippen LogP contribution in [0.25, 0.3) is 6.08 Å². The zero-order valence-electron chi connectivity index (χ0n) is 19.0. The third-order valence-electron chi connectivity index (χ3n) is 6.38. The Kier molecular flexibility index (Phi) is 7.27. The largest absolute Gasteiger partial charge is 0.293 e. The van der Waals surface area contributed by atoms with Crippen LogP contribution in [0.4, 0.5) is 16.2 Å². The van der Waals surface area contributed by atoms with Crippen LogP contribution in [0, 0.1) is 16.0 Å². The van der Waals surface area contributed by atoms with Gasteiger partial charge < -0.3 is 0 Å².